The number of fused-ring (bicyclic) bond motifs is 1. The van der Waals surface area contributed by atoms with E-state index in [2.05, 4.69) is 52.8 Å². The van der Waals surface area contributed by atoms with Crippen molar-refractivity contribution in [1.29, 1.82) is 0 Å². The van der Waals surface area contributed by atoms with E-state index in [1.165, 1.54) is 30.4 Å². The molecule has 0 bridgehead atoms. The highest BCUT2D eigenvalue weighted by molar-refractivity contribution is 5.44. The van der Waals surface area contributed by atoms with Crippen LogP contribution in [0.4, 0.5) is 0 Å². The first-order chi connectivity index (χ1) is 7.40. The van der Waals surface area contributed by atoms with Crippen LogP contribution in [0.1, 0.15) is 53.9 Å². The first-order valence-corrected chi connectivity index (χ1v) is 6.44. The van der Waals surface area contributed by atoms with Gasteiger partial charge in [0.15, 0.2) is 0 Å². The van der Waals surface area contributed by atoms with Crippen LogP contribution in [-0.4, -0.2) is 0 Å². The Morgan fingerprint density at radius 2 is 1.94 bits per heavy atom. The van der Waals surface area contributed by atoms with Gasteiger partial charge in [-0.1, -0.05) is 44.6 Å². The Kier molecular flexibility index (Phi) is 2.64. The van der Waals surface area contributed by atoms with Gasteiger partial charge in [-0.05, 0) is 55.1 Å². The summed E-state index contributed by atoms with van der Waals surface area (Å²) in [4.78, 5) is 0. The molecule has 1 saturated carbocycles. The molecule has 0 N–H and O–H groups in total. The van der Waals surface area contributed by atoms with Crippen molar-refractivity contribution in [3.8, 4) is 0 Å². The predicted octanol–water partition coefficient (Wildman–Crippen LogP) is 5.04. The SMILES string of the molecule is C/C=C\C1=C(C)C=C2CCC(C)(C)C2(C)C1. The normalized spacial score (nSPS) is 33.2. The van der Waals surface area contributed by atoms with Crippen LogP contribution in [0.15, 0.2) is 34.9 Å². The molecule has 0 amide bonds. The average molecular weight is 216 g/mol. The standard InChI is InChI=1S/C16H24/c1-6-7-13-11-16(5)14(10-12(13)2)8-9-15(16,3)4/h6-7,10H,8-9,11H2,1-5H3/b7-6-. The van der Waals surface area contributed by atoms with Gasteiger partial charge in [0, 0.05) is 0 Å². The van der Waals surface area contributed by atoms with Gasteiger partial charge < -0.3 is 0 Å². The molecule has 0 radical (unpaired) electrons. The summed E-state index contributed by atoms with van der Waals surface area (Å²) in [6, 6.07) is 0. The zero-order valence-corrected chi connectivity index (χ0v) is 11.4. The Labute approximate surface area is 100 Å². The molecule has 0 aromatic heterocycles. The highest BCUT2D eigenvalue weighted by atomic mass is 14.5. The fourth-order valence-corrected chi connectivity index (χ4v) is 3.28. The summed E-state index contributed by atoms with van der Waals surface area (Å²) in [7, 11) is 0. The maximum absolute atomic E-state index is 2.46. The first-order valence-electron chi connectivity index (χ1n) is 6.44. The van der Waals surface area contributed by atoms with Gasteiger partial charge in [0.25, 0.3) is 0 Å². The van der Waals surface area contributed by atoms with Gasteiger partial charge in [0.05, 0.1) is 0 Å². The summed E-state index contributed by atoms with van der Waals surface area (Å²) in [5.41, 5.74) is 5.53. The molecule has 0 nitrogen and oxygen atoms in total. The van der Waals surface area contributed by atoms with Crippen LogP contribution >= 0.6 is 0 Å². The molecule has 1 unspecified atom stereocenters. The highest BCUT2D eigenvalue weighted by Gasteiger charge is 2.49. The fraction of sp³-hybridized carbons (Fsp3) is 0.625. The molecule has 0 aliphatic heterocycles. The summed E-state index contributed by atoms with van der Waals surface area (Å²) in [6.45, 7) is 11.7. The second kappa shape index (κ2) is 3.61. The van der Waals surface area contributed by atoms with Gasteiger partial charge >= 0.3 is 0 Å². The first kappa shape index (κ1) is 11.7. The molecule has 2 rings (SSSR count). The van der Waals surface area contributed by atoms with Crippen LogP contribution in [-0.2, 0) is 0 Å². The van der Waals surface area contributed by atoms with Crippen LogP contribution in [0.5, 0.6) is 0 Å². The topological polar surface area (TPSA) is 0 Å². The van der Waals surface area contributed by atoms with Crippen LogP contribution in [0, 0.1) is 10.8 Å². The maximum Gasteiger partial charge on any atom is -0.00215 e. The van der Waals surface area contributed by atoms with Crippen molar-refractivity contribution in [1.82, 2.24) is 0 Å². The van der Waals surface area contributed by atoms with E-state index in [0.717, 1.165) is 0 Å². The Morgan fingerprint density at radius 1 is 1.25 bits per heavy atom. The second-order valence-electron chi connectivity index (χ2n) is 6.27. The monoisotopic (exact) mass is 216 g/mol. The van der Waals surface area contributed by atoms with Crippen molar-refractivity contribution in [2.24, 2.45) is 10.8 Å². The van der Waals surface area contributed by atoms with Gasteiger partial charge in [-0.2, -0.15) is 0 Å². The minimum atomic E-state index is 0.390. The van der Waals surface area contributed by atoms with Gasteiger partial charge in [-0.25, -0.2) is 0 Å². The molecule has 16 heavy (non-hydrogen) atoms. The van der Waals surface area contributed by atoms with Gasteiger partial charge in [-0.15, -0.1) is 0 Å². The van der Waals surface area contributed by atoms with Crippen LogP contribution in [0.3, 0.4) is 0 Å². The Balaban J connectivity index is 2.44. The molecule has 0 heterocycles. The largest absolute Gasteiger partial charge is 0.0874 e. The lowest BCUT2D eigenvalue weighted by molar-refractivity contribution is 0.164. The fourth-order valence-electron chi connectivity index (χ4n) is 3.28. The summed E-state index contributed by atoms with van der Waals surface area (Å²) < 4.78 is 0. The molecule has 0 saturated heterocycles. The smallest absolute Gasteiger partial charge is 0.00215 e. The lowest BCUT2D eigenvalue weighted by atomic mass is 9.62. The van der Waals surface area contributed by atoms with Crippen molar-refractivity contribution in [3.63, 3.8) is 0 Å². The molecule has 0 aromatic rings. The molecule has 1 fully saturated rings. The molecule has 0 aromatic carbocycles. The summed E-state index contributed by atoms with van der Waals surface area (Å²) in [5, 5.41) is 0. The summed E-state index contributed by atoms with van der Waals surface area (Å²) in [5.74, 6) is 0. The molecule has 1 atom stereocenters. The van der Waals surface area contributed by atoms with Crippen molar-refractivity contribution < 1.29 is 0 Å². The van der Waals surface area contributed by atoms with E-state index in [0.29, 0.717) is 10.8 Å². The van der Waals surface area contributed by atoms with E-state index in [1.807, 2.05) is 0 Å². The third kappa shape index (κ3) is 1.50. The third-order valence-corrected chi connectivity index (χ3v) is 5.03. The average Bonchev–Trinajstić information content (AvgIpc) is 2.41. The number of hydrogen-bond acceptors (Lipinski definition) is 0. The quantitative estimate of drug-likeness (QED) is 0.576. The van der Waals surface area contributed by atoms with Crippen LogP contribution in [0.2, 0.25) is 0 Å². The Bertz CT molecular complexity index is 390. The summed E-state index contributed by atoms with van der Waals surface area (Å²) in [6.07, 6.45) is 10.8. The Hall–Kier alpha value is -0.780. The molecule has 2 aliphatic rings. The van der Waals surface area contributed by atoms with E-state index >= 15 is 0 Å². The highest BCUT2D eigenvalue weighted by Crippen LogP contribution is 2.60. The van der Waals surface area contributed by atoms with Gasteiger partial charge in [0.2, 0.25) is 0 Å². The van der Waals surface area contributed by atoms with Crippen molar-refractivity contribution in [3.05, 3.63) is 34.9 Å². The van der Waals surface area contributed by atoms with Gasteiger partial charge in [0.1, 0.15) is 0 Å². The lowest BCUT2D eigenvalue weighted by Gasteiger charge is -2.42. The van der Waals surface area contributed by atoms with E-state index in [-0.39, 0.29) is 0 Å². The van der Waals surface area contributed by atoms with Crippen molar-refractivity contribution >= 4 is 0 Å². The number of allylic oxidation sites excluding steroid dienone is 6. The molecular weight excluding hydrogens is 192 g/mol. The minimum Gasteiger partial charge on any atom is -0.0874 e. The maximum atomic E-state index is 2.46. The van der Waals surface area contributed by atoms with E-state index in [4.69, 9.17) is 0 Å². The van der Waals surface area contributed by atoms with Crippen molar-refractivity contribution in [2.75, 3.05) is 0 Å². The van der Waals surface area contributed by atoms with E-state index in [9.17, 15) is 0 Å². The van der Waals surface area contributed by atoms with Crippen LogP contribution in [0.25, 0.3) is 0 Å². The van der Waals surface area contributed by atoms with Crippen LogP contribution < -0.4 is 0 Å². The zero-order valence-electron chi connectivity index (χ0n) is 11.4. The number of hydrogen-bond donors (Lipinski definition) is 0. The Morgan fingerprint density at radius 3 is 2.56 bits per heavy atom. The predicted molar refractivity (Wildman–Crippen MR) is 71.3 cm³/mol. The summed E-state index contributed by atoms with van der Waals surface area (Å²) >= 11 is 0. The molecule has 0 spiro atoms. The lowest BCUT2D eigenvalue weighted by Crippen LogP contribution is -2.32. The van der Waals surface area contributed by atoms with Crippen molar-refractivity contribution in [2.45, 2.75) is 53.9 Å². The number of rotatable bonds is 1. The zero-order chi connectivity index (χ0) is 12.0. The minimum absolute atomic E-state index is 0.390. The van der Waals surface area contributed by atoms with E-state index in [1.54, 1.807) is 5.57 Å². The molecule has 2 aliphatic carbocycles. The molecule has 88 valence electrons. The van der Waals surface area contributed by atoms with E-state index < -0.39 is 0 Å². The second-order valence-corrected chi connectivity index (χ2v) is 6.27. The third-order valence-electron chi connectivity index (χ3n) is 5.03. The van der Waals surface area contributed by atoms with Gasteiger partial charge in [-0.3, -0.25) is 0 Å². The molecule has 0 heteroatoms. The molecular formula is C16H24.